The van der Waals surface area contributed by atoms with E-state index in [9.17, 15) is 19.7 Å². The van der Waals surface area contributed by atoms with Gasteiger partial charge in [0.25, 0.3) is 5.69 Å². The number of alkyl halides is 1. The van der Waals surface area contributed by atoms with Gasteiger partial charge < -0.3 is 0 Å². The molecule has 2 bridgehead atoms. The topological polar surface area (TPSA) is 80.5 Å². The smallest absolute Gasteiger partial charge is 0.274 e. The molecule has 8 heteroatoms. The summed E-state index contributed by atoms with van der Waals surface area (Å²) in [5, 5.41) is 11.9. The van der Waals surface area contributed by atoms with Crippen molar-refractivity contribution in [3.8, 4) is 0 Å². The predicted molar refractivity (Wildman–Crippen MR) is 122 cm³/mol. The quantitative estimate of drug-likeness (QED) is 0.207. The van der Waals surface area contributed by atoms with E-state index in [4.69, 9.17) is 11.6 Å². The van der Waals surface area contributed by atoms with Crippen LogP contribution in [0.1, 0.15) is 28.2 Å². The molecule has 4 aliphatic rings. The van der Waals surface area contributed by atoms with Crippen molar-refractivity contribution in [3.05, 3.63) is 104 Å². The Bertz CT molecular complexity index is 1330. The molecule has 0 saturated carbocycles. The van der Waals surface area contributed by atoms with Crippen LogP contribution in [0.3, 0.4) is 0 Å². The van der Waals surface area contributed by atoms with Crippen LogP contribution in [0.2, 0.25) is 5.02 Å². The van der Waals surface area contributed by atoms with Crippen LogP contribution in [0.15, 0.2) is 66.7 Å². The summed E-state index contributed by atoms with van der Waals surface area (Å²) in [6, 6.07) is 19.6. The van der Waals surface area contributed by atoms with Crippen LogP contribution in [-0.4, -0.2) is 16.7 Å². The highest BCUT2D eigenvalue weighted by Crippen LogP contribution is 2.66. The molecule has 3 aromatic carbocycles. The molecular weight excluding hydrogens is 496 g/mol. The lowest BCUT2D eigenvalue weighted by Gasteiger charge is -2.51. The van der Waals surface area contributed by atoms with Crippen LogP contribution in [0, 0.1) is 22.0 Å². The van der Waals surface area contributed by atoms with Crippen LogP contribution in [0.4, 0.5) is 11.4 Å². The van der Waals surface area contributed by atoms with Gasteiger partial charge in [0, 0.05) is 17.0 Å². The van der Waals surface area contributed by atoms with Gasteiger partial charge in [-0.1, -0.05) is 76.1 Å². The Kier molecular flexibility index (Phi) is 3.99. The van der Waals surface area contributed by atoms with E-state index in [1.165, 1.54) is 18.2 Å². The molecule has 0 aromatic heterocycles. The Morgan fingerprint density at radius 2 is 1.53 bits per heavy atom. The summed E-state index contributed by atoms with van der Waals surface area (Å²) in [4.78, 5) is 39.7. The van der Waals surface area contributed by atoms with Gasteiger partial charge in [-0.2, -0.15) is 0 Å². The monoisotopic (exact) mass is 508 g/mol. The molecule has 7 rings (SSSR count). The van der Waals surface area contributed by atoms with E-state index in [0.29, 0.717) is 0 Å². The Hall–Kier alpha value is -3.03. The number of carbonyl (C=O) groups excluding carboxylic acids is 2. The fraction of sp³-hybridized carbons (Fsp3) is 0.167. The van der Waals surface area contributed by atoms with Crippen LogP contribution in [0.25, 0.3) is 0 Å². The number of nitro benzene ring substituents is 1. The van der Waals surface area contributed by atoms with Gasteiger partial charge in [0.1, 0.15) is 5.69 Å². The first-order valence-corrected chi connectivity index (χ1v) is 11.2. The van der Waals surface area contributed by atoms with Gasteiger partial charge in [-0.05, 0) is 34.4 Å². The van der Waals surface area contributed by atoms with Crippen LogP contribution >= 0.6 is 27.5 Å². The second kappa shape index (κ2) is 6.49. The molecule has 0 spiro atoms. The number of anilines is 1. The Morgan fingerprint density at radius 1 is 0.938 bits per heavy atom. The second-order valence-corrected chi connectivity index (χ2v) is 9.96. The van der Waals surface area contributed by atoms with Gasteiger partial charge in [-0.3, -0.25) is 19.7 Å². The first-order valence-electron chi connectivity index (χ1n) is 10.0. The minimum Gasteiger partial charge on any atom is -0.274 e. The SMILES string of the molecule is O=C1[C@@H]2C3c4ccccc4C(Br)(c4ccccc43)[C@H]2C(=O)N1c1ccc(Cl)cc1[N+](=O)[O-]. The van der Waals surface area contributed by atoms with Crippen molar-refractivity contribution in [2.45, 2.75) is 10.2 Å². The zero-order chi connectivity index (χ0) is 22.4. The number of nitrogens with zero attached hydrogens (tertiary/aromatic N) is 2. The van der Waals surface area contributed by atoms with Crippen molar-refractivity contribution in [1.29, 1.82) is 0 Å². The highest BCUT2D eigenvalue weighted by atomic mass is 79.9. The third kappa shape index (κ3) is 2.25. The van der Waals surface area contributed by atoms with Crippen LogP contribution in [0.5, 0.6) is 0 Å². The van der Waals surface area contributed by atoms with Gasteiger partial charge in [-0.15, -0.1) is 0 Å². The van der Waals surface area contributed by atoms with Crippen LogP contribution < -0.4 is 4.90 Å². The molecule has 32 heavy (non-hydrogen) atoms. The molecule has 6 nitrogen and oxygen atoms in total. The van der Waals surface area contributed by atoms with E-state index in [-0.39, 0.29) is 22.3 Å². The standard InChI is InChI=1S/C24H14BrClN2O4/c25-24-15-7-3-1-5-13(15)19(14-6-2-4-8-16(14)24)20-21(24)23(30)27(22(20)29)17-10-9-12(26)11-18(17)28(31)32/h1-11,19-21H/t19?,20-,21-,24?/m1/s1. The van der Waals surface area contributed by atoms with E-state index in [2.05, 4.69) is 15.9 Å². The predicted octanol–water partition coefficient (Wildman–Crippen LogP) is 5.15. The second-order valence-electron chi connectivity index (χ2n) is 8.27. The number of rotatable bonds is 2. The first kappa shape index (κ1) is 19.6. The lowest BCUT2D eigenvalue weighted by atomic mass is 9.55. The van der Waals surface area contributed by atoms with Gasteiger partial charge in [0.2, 0.25) is 11.8 Å². The maximum Gasteiger partial charge on any atom is 0.294 e. The van der Waals surface area contributed by atoms with Crippen molar-refractivity contribution in [3.63, 3.8) is 0 Å². The molecule has 1 heterocycles. The normalized spacial score (nSPS) is 27.2. The lowest BCUT2D eigenvalue weighted by molar-refractivity contribution is -0.384. The molecule has 1 fully saturated rings. The van der Waals surface area contributed by atoms with E-state index in [0.717, 1.165) is 27.2 Å². The van der Waals surface area contributed by atoms with Gasteiger partial charge in [0.15, 0.2) is 0 Å². The third-order valence-electron chi connectivity index (χ3n) is 6.89. The van der Waals surface area contributed by atoms with E-state index in [1.54, 1.807) is 0 Å². The summed E-state index contributed by atoms with van der Waals surface area (Å²) in [6.07, 6.45) is 0. The van der Waals surface area contributed by atoms with E-state index < -0.39 is 32.9 Å². The number of imide groups is 1. The zero-order valence-corrected chi connectivity index (χ0v) is 18.7. The highest BCUT2D eigenvalue weighted by Gasteiger charge is 2.68. The van der Waals surface area contributed by atoms with E-state index >= 15 is 0 Å². The van der Waals surface area contributed by atoms with Crippen molar-refractivity contribution >= 4 is 50.7 Å². The maximum atomic E-state index is 13.8. The molecule has 0 unspecified atom stereocenters. The summed E-state index contributed by atoms with van der Waals surface area (Å²) in [7, 11) is 0. The third-order valence-corrected chi connectivity index (χ3v) is 8.47. The summed E-state index contributed by atoms with van der Waals surface area (Å²) in [5.41, 5.74) is 3.49. The summed E-state index contributed by atoms with van der Waals surface area (Å²) in [5.74, 6) is -2.57. The molecule has 2 atom stereocenters. The first-order chi connectivity index (χ1) is 15.4. The summed E-state index contributed by atoms with van der Waals surface area (Å²) < 4.78 is -0.900. The minimum atomic E-state index is -0.900. The van der Waals surface area contributed by atoms with Crippen molar-refractivity contribution in [2.75, 3.05) is 4.90 Å². The molecule has 1 saturated heterocycles. The molecule has 3 aliphatic carbocycles. The number of amides is 2. The highest BCUT2D eigenvalue weighted by molar-refractivity contribution is 9.09. The molecule has 158 valence electrons. The number of hydrogen-bond donors (Lipinski definition) is 0. The molecule has 3 aromatic rings. The van der Waals surface area contributed by atoms with Gasteiger partial charge in [-0.25, -0.2) is 4.90 Å². The zero-order valence-electron chi connectivity index (χ0n) is 16.4. The number of hydrogen-bond acceptors (Lipinski definition) is 4. The largest absolute Gasteiger partial charge is 0.294 e. The molecule has 0 radical (unpaired) electrons. The number of halogens is 2. The summed E-state index contributed by atoms with van der Waals surface area (Å²) in [6.45, 7) is 0. The van der Waals surface area contributed by atoms with Crippen molar-refractivity contribution in [2.24, 2.45) is 11.8 Å². The fourth-order valence-electron chi connectivity index (χ4n) is 5.75. The minimum absolute atomic E-state index is 0.0487. The van der Waals surface area contributed by atoms with Gasteiger partial charge >= 0.3 is 0 Å². The maximum absolute atomic E-state index is 13.8. The van der Waals surface area contributed by atoms with Gasteiger partial charge in [0.05, 0.1) is 21.1 Å². The van der Waals surface area contributed by atoms with Crippen LogP contribution in [-0.2, 0) is 13.9 Å². The van der Waals surface area contributed by atoms with Crippen molar-refractivity contribution < 1.29 is 14.5 Å². The number of benzene rings is 3. The Balaban J connectivity index is 1.61. The molecule has 1 aliphatic heterocycles. The summed E-state index contributed by atoms with van der Waals surface area (Å²) >= 11 is 9.87. The molecule has 2 amide bonds. The molecular formula is C24H14BrClN2O4. The average Bonchev–Trinajstić information content (AvgIpc) is 3.06. The van der Waals surface area contributed by atoms with Crippen molar-refractivity contribution in [1.82, 2.24) is 0 Å². The Labute approximate surface area is 196 Å². The average molecular weight is 510 g/mol. The Morgan fingerprint density at radius 3 is 2.12 bits per heavy atom. The molecule has 0 N–H and O–H groups in total. The fourth-order valence-corrected chi connectivity index (χ4v) is 7.12. The van der Waals surface area contributed by atoms with E-state index in [1.807, 2.05) is 48.5 Å². The number of nitro groups is 1. The number of carbonyl (C=O) groups is 2. The lowest BCUT2D eigenvalue weighted by Crippen LogP contribution is -2.50.